The van der Waals surface area contributed by atoms with Gasteiger partial charge < -0.3 is 5.32 Å². The summed E-state index contributed by atoms with van der Waals surface area (Å²) in [6, 6.07) is 20.1. The number of hydrogen-bond donors (Lipinski definition) is 3. The SMILES string of the molecule is CNC(=S)NNC(=O)C(c1ccc(Cl)cc1)c1ccc2c(c1)c(-c1cccc(Cl)c1)nc1nnnn12. The zero-order valence-corrected chi connectivity index (χ0v) is 21.1. The first-order valence-corrected chi connectivity index (χ1v) is 11.9. The highest BCUT2D eigenvalue weighted by Gasteiger charge is 2.25. The predicted molar refractivity (Wildman–Crippen MR) is 143 cm³/mol. The fourth-order valence-electron chi connectivity index (χ4n) is 3.94. The van der Waals surface area contributed by atoms with E-state index >= 15 is 0 Å². The smallest absolute Gasteiger partial charge is 0.274 e. The number of amides is 1. The van der Waals surface area contributed by atoms with Crippen molar-refractivity contribution >= 4 is 63.1 Å². The van der Waals surface area contributed by atoms with Gasteiger partial charge in [-0.25, -0.2) is 4.98 Å². The summed E-state index contributed by atoms with van der Waals surface area (Å²) in [5.41, 5.74) is 9.01. The molecule has 5 rings (SSSR count). The summed E-state index contributed by atoms with van der Waals surface area (Å²) in [5.74, 6) is -0.646. The Labute approximate surface area is 220 Å². The van der Waals surface area contributed by atoms with Crippen LogP contribution >= 0.6 is 35.4 Å². The first-order valence-electron chi connectivity index (χ1n) is 10.8. The third-order valence-corrected chi connectivity index (χ3v) is 6.39. The van der Waals surface area contributed by atoms with E-state index in [1.165, 1.54) is 0 Å². The van der Waals surface area contributed by atoms with Crippen LogP contribution in [0.1, 0.15) is 17.0 Å². The zero-order valence-electron chi connectivity index (χ0n) is 18.7. The van der Waals surface area contributed by atoms with E-state index in [0.717, 1.165) is 27.6 Å². The van der Waals surface area contributed by atoms with Gasteiger partial charge >= 0.3 is 0 Å². The Morgan fingerprint density at radius 1 is 0.972 bits per heavy atom. The van der Waals surface area contributed by atoms with Crippen LogP contribution in [0.15, 0.2) is 66.7 Å². The molecule has 5 aromatic rings. The third-order valence-electron chi connectivity index (χ3n) is 5.59. The Morgan fingerprint density at radius 2 is 1.75 bits per heavy atom. The Hall–Kier alpha value is -3.86. The molecule has 2 aromatic heterocycles. The maximum atomic E-state index is 13.4. The van der Waals surface area contributed by atoms with Crippen LogP contribution in [0.5, 0.6) is 0 Å². The van der Waals surface area contributed by atoms with Crippen molar-refractivity contribution in [2.75, 3.05) is 7.05 Å². The summed E-state index contributed by atoms with van der Waals surface area (Å²) >= 11 is 17.5. The second-order valence-electron chi connectivity index (χ2n) is 7.82. The number of carbonyl (C=O) groups is 1. The summed E-state index contributed by atoms with van der Waals surface area (Å²) in [6.07, 6.45) is 0. The Bertz CT molecular complexity index is 1610. The lowest BCUT2D eigenvalue weighted by atomic mass is 9.89. The number of hydrazine groups is 1. The van der Waals surface area contributed by atoms with Gasteiger partial charge in [-0.15, -0.1) is 0 Å². The molecule has 0 aliphatic rings. The second-order valence-corrected chi connectivity index (χ2v) is 9.10. The van der Waals surface area contributed by atoms with Gasteiger partial charge in [-0.1, -0.05) is 58.6 Å². The maximum absolute atomic E-state index is 13.4. The molecule has 0 saturated heterocycles. The minimum Gasteiger partial charge on any atom is -0.364 e. The van der Waals surface area contributed by atoms with Crippen LogP contribution in [0.25, 0.3) is 27.9 Å². The van der Waals surface area contributed by atoms with Crippen molar-refractivity contribution in [3.63, 3.8) is 0 Å². The van der Waals surface area contributed by atoms with E-state index in [1.807, 2.05) is 48.5 Å². The highest BCUT2D eigenvalue weighted by atomic mass is 35.5. The number of benzene rings is 3. The van der Waals surface area contributed by atoms with Gasteiger partial charge in [0.15, 0.2) is 5.11 Å². The highest BCUT2D eigenvalue weighted by molar-refractivity contribution is 7.80. The summed E-state index contributed by atoms with van der Waals surface area (Å²) in [7, 11) is 1.66. The van der Waals surface area contributed by atoms with Crippen LogP contribution in [0, 0.1) is 0 Å². The molecule has 0 aliphatic heterocycles. The van der Waals surface area contributed by atoms with Gasteiger partial charge in [0.2, 0.25) is 5.91 Å². The second kappa shape index (κ2) is 10.0. The topological polar surface area (TPSA) is 109 Å². The molecule has 9 nitrogen and oxygen atoms in total. The van der Waals surface area contributed by atoms with Crippen LogP contribution in [-0.4, -0.2) is 43.1 Å². The molecule has 0 fully saturated rings. The van der Waals surface area contributed by atoms with E-state index in [4.69, 9.17) is 35.4 Å². The highest BCUT2D eigenvalue weighted by Crippen LogP contribution is 2.33. The molecule has 3 aromatic carbocycles. The minimum absolute atomic E-state index is 0.283. The maximum Gasteiger partial charge on any atom is 0.274 e. The lowest BCUT2D eigenvalue weighted by Crippen LogP contribution is -2.47. The molecule has 180 valence electrons. The molecule has 2 heterocycles. The first kappa shape index (κ1) is 23.9. The van der Waals surface area contributed by atoms with E-state index in [1.54, 1.807) is 29.8 Å². The average molecular weight is 537 g/mol. The molecule has 3 N–H and O–H groups in total. The molecule has 12 heteroatoms. The van der Waals surface area contributed by atoms with E-state index < -0.39 is 5.92 Å². The van der Waals surface area contributed by atoms with Crippen LogP contribution in [0.4, 0.5) is 0 Å². The average Bonchev–Trinajstić information content (AvgIpc) is 3.37. The first-order chi connectivity index (χ1) is 17.4. The Morgan fingerprint density at radius 3 is 2.50 bits per heavy atom. The number of nitrogens with one attached hydrogen (secondary N) is 3. The molecular formula is C24H18Cl2N8OS. The van der Waals surface area contributed by atoms with E-state index in [9.17, 15) is 4.79 Å². The molecule has 36 heavy (non-hydrogen) atoms. The normalized spacial score (nSPS) is 11.9. The van der Waals surface area contributed by atoms with Crippen LogP contribution < -0.4 is 16.2 Å². The number of rotatable bonds is 4. The van der Waals surface area contributed by atoms with Crippen molar-refractivity contribution < 1.29 is 4.79 Å². The number of fused-ring (bicyclic) bond motifs is 3. The van der Waals surface area contributed by atoms with Gasteiger partial charge in [0, 0.05) is 28.0 Å². The van der Waals surface area contributed by atoms with Crippen molar-refractivity contribution in [1.82, 2.24) is 41.2 Å². The fraction of sp³-hybridized carbons (Fsp3) is 0.0833. The van der Waals surface area contributed by atoms with Gasteiger partial charge in [-0.3, -0.25) is 15.6 Å². The number of nitrogens with zero attached hydrogens (tertiary/aromatic N) is 5. The number of halogens is 2. The van der Waals surface area contributed by atoms with Gasteiger partial charge in [0.1, 0.15) is 0 Å². The number of thiocarbonyl (C=S) groups is 1. The Kier molecular flexibility index (Phi) is 6.64. The lowest BCUT2D eigenvalue weighted by molar-refractivity contribution is -0.122. The quantitative estimate of drug-likeness (QED) is 0.234. The number of aromatic nitrogens is 5. The van der Waals surface area contributed by atoms with Crippen molar-refractivity contribution in [1.29, 1.82) is 0 Å². The van der Waals surface area contributed by atoms with Crippen LogP contribution in [0.3, 0.4) is 0 Å². The van der Waals surface area contributed by atoms with Crippen LogP contribution in [-0.2, 0) is 4.79 Å². The molecule has 0 bridgehead atoms. The zero-order chi connectivity index (χ0) is 25.2. The Balaban J connectivity index is 1.69. The van der Waals surface area contributed by atoms with Crippen molar-refractivity contribution in [2.45, 2.75) is 5.92 Å². The van der Waals surface area contributed by atoms with E-state index in [2.05, 4.69) is 36.7 Å². The molecule has 0 radical (unpaired) electrons. The van der Waals surface area contributed by atoms with Crippen molar-refractivity contribution in [2.24, 2.45) is 0 Å². The number of hydrogen-bond acceptors (Lipinski definition) is 6. The third kappa shape index (κ3) is 4.66. The molecule has 0 saturated carbocycles. The fourth-order valence-corrected chi connectivity index (χ4v) is 4.30. The van der Waals surface area contributed by atoms with Gasteiger partial charge in [0.05, 0.1) is 17.1 Å². The van der Waals surface area contributed by atoms with Crippen molar-refractivity contribution in [3.05, 3.63) is 87.9 Å². The van der Waals surface area contributed by atoms with Gasteiger partial charge in [-0.2, -0.15) is 4.52 Å². The largest absolute Gasteiger partial charge is 0.364 e. The monoisotopic (exact) mass is 536 g/mol. The predicted octanol–water partition coefficient (Wildman–Crippen LogP) is 3.90. The molecule has 1 amide bonds. The lowest BCUT2D eigenvalue weighted by Gasteiger charge is -2.20. The number of tetrazole rings is 1. The molecule has 1 unspecified atom stereocenters. The van der Waals surface area contributed by atoms with Gasteiger partial charge in [-0.05, 0) is 70.2 Å². The molecule has 0 aliphatic carbocycles. The van der Waals surface area contributed by atoms with Gasteiger partial charge in [0.25, 0.3) is 5.78 Å². The standard InChI is InChI=1S/C24H18Cl2N8OS/c1-27-24(36)31-29-22(35)20(13-5-8-16(25)9-6-13)14-7-10-19-18(12-14)21(15-3-2-4-17(26)11-15)28-23-30-32-33-34(19)23/h2-12,20H,1H3,(H,29,35)(H2,27,31,36). The summed E-state index contributed by atoms with van der Waals surface area (Å²) in [4.78, 5) is 18.1. The summed E-state index contributed by atoms with van der Waals surface area (Å²) in [6.45, 7) is 0. The molecule has 1 atom stereocenters. The van der Waals surface area contributed by atoms with E-state index in [-0.39, 0.29) is 11.0 Å². The van der Waals surface area contributed by atoms with E-state index in [0.29, 0.717) is 21.5 Å². The molecular weight excluding hydrogens is 519 g/mol. The number of carbonyl (C=O) groups excluding carboxylic acids is 1. The summed E-state index contributed by atoms with van der Waals surface area (Å²) < 4.78 is 1.55. The minimum atomic E-state index is -0.685. The molecule has 0 spiro atoms. The van der Waals surface area contributed by atoms with Crippen LogP contribution in [0.2, 0.25) is 10.0 Å². The van der Waals surface area contributed by atoms with Crippen molar-refractivity contribution in [3.8, 4) is 11.3 Å². The summed E-state index contributed by atoms with van der Waals surface area (Å²) in [5, 5.41) is 16.8.